The SMILES string of the molecule is CCc1cc(O)c(Oc2c(O)cc(CC)c(CC)c2O)c(O)c1CC. The molecule has 0 heterocycles. The van der Waals surface area contributed by atoms with E-state index in [1.807, 2.05) is 27.7 Å². The molecule has 136 valence electrons. The van der Waals surface area contributed by atoms with Gasteiger partial charge in [-0.2, -0.15) is 0 Å². The average Bonchev–Trinajstić information content (AvgIpc) is 2.59. The van der Waals surface area contributed by atoms with E-state index >= 15 is 0 Å². The fourth-order valence-electron chi connectivity index (χ4n) is 3.18. The molecule has 25 heavy (non-hydrogen) atoms. The Morgan fingerprint density at radius 3 is 1.28 bits per heavy atom. The van der Waals surface area contributed by atoms with Gasteiger partial charge in [0.15, 0.2) is 23.0 Å². The van der Waals surface area contributed by atoms with E-state index in [1.165, 1.54) is 0 Å². The minimum Gasteiger partial charge on any atom is -0.504 e. The summed E-state index contributed by atoms with van der Waals surface area (Å²) in [6.07, 6.45) is 2.45. The number of phenolic OH excluding ortho intramolecular Hbond substituents is 4. The number of aryl methyl sites for hydroxylation is 2. The smallest absolute Gasteiger partial charge is 0.211 e. The van der Waals surface area contributed by atoms with Crippen LogP contribution in [-0.2, 0) is 25.7 Å². The average molecular weight is 346 g/mol. The number of rotatable bonds is 6. The van der Waals surface area contributed by atoms with Crippen molar-refractivity contribution in [3.05, 3.63) is 34.4 Å². The van der Waals surface area contributed by atoms with Gasteiger partial charge >= 0.3 is 0 Å². The van der Waals surface area contributed by atoms with Gasteiger partial charge in [-0.1, -0.05) is 27.7 Å². The van der Waals surface area contributed by atoms with Gasteiger partial charge in [0.25, 0.3) is 0 Å². The summed E-state index contributed by atoms with van der Waals surface area (Å²) >= 11 is 0. The Balaban J connectivity index is 2.61. The maximum absolute atomic E-state index is 10.5. The maximum atomic E-state index is 10.5. The largest absolute Gasteiger partial charge is 0.504 e. The Morgan fingerprint density at radius 1 is 0.640 bits per heavy atom. The molecule has 0 amide bonds. The number of phenols is 4. The molecule has 0 saturated carbocycles. The summed E-state index contributed by atoms with van der Waals surface area (Å²) in [5, 5.41) is 41.5. The van der Waals surface area contributed by atoms with Crippen molar-refractivity contribution in [2.75, 3.05) is 0 Å². The van der Waals surface area contributed by atoms with E-state index < -0.39 is 0 Å². The summed E-state index contributed by atoms with van der Waals surface area (Å²) in [6, 6.07) is 3.09. The third-order valence-electron chi connectivity index (χ3n) is 4.54. The zero-order valence-electron chi connectivity index (χ0n) is 15.2. The highest BCUT2D eigenvalue weighted by molar-refractivity contribution is 5.63. The van der Waals surface area contributed by atoms with E-state index in [0.29, 0.717) is 36.8 Å². The Morgan fingerprint density at radius 2 is 1.00 bits per heavy atom. The monoisotopic (exact) mass is 346 g/mol. The first kappa shape index (κ1) is 18.8. The van der Waals surface area contributed by atoms with Gasteiger partial charge in [0, 0.05) is 11.1 Å². The second-order valence-corrected chi connectivity index (χ2v) is 5.94. The van der Waals surface area contributed by atoms with Crippen LogP contribution in [0, 0.1) is 0 Å². The van der Waals surface area contributed by atoms with Crippen molar-refractivity contribution in [1.82, 2.24) is 0 Å². The maximum Gasteiger partial charge on any atom is 0.211 e. The molecule has 0 aromatic heterocycles. The first-order chi connectivity index (χ1) is 11.9. The molecular weight excluding hydrogens is 320 g/mol. The van der Waals surface area contributed by atoms with Crippen LogP contribution in [0.3, 0.4) is 0 Å². The van der Waals surface area contributed by atoms with Crippen molar-refractivity contribution in [3.63, 3.8) is 0 Å². The quantitative estimate of drug-likeness (QED) is 0.616. The van der Waals surface area contributed by atoms with Gasteiger partial charge in [0.1, 0.15) is 0 Å². The van der Waals surface area contributed by atoms with E-state index in [-0.39, 0.29) is 34.5 Å². The minimum atomic E-state index is -0.233. The molecular formula is C20H26O5. The molecule has 0 aliphatic carbocycles. The first-order valence-electron chi connectivity index (χ1n) is 8.70. The van der Waals surface area contributed by atoms with Crippen molar-refractivity contribution in [2.45, 2.75) is 53.4 Å². The number of hydrogen-bond donors (Lipinski definition) is 4. The van der Waals surface area contributed by atoms with Crippen LogP contribution in [0.4, 0.5) is 0 Å². The van der Waals surface area contributed by atoms with Gasteiger partial charge in [-0.25, -0.2) is 0 Å². The molecule has 4 N–H and O–H groups in total. The molecule has 2 rings (SSSR count). The van der Waals surface area contributed by atoms with Crippen LogP contribution in [0.15, 0.2) is 12.1 Å². The van der Waals surface area contributed by atoms with Gasteiger partial charge in [-0.05, 0) is 48.9 Å². The number of hydrogen-bond acceptors (Lipinski definition) is 5. The molecule has 0 aliphatic heterocycles. The van der Waals surface area contributed by atoms with Gasteiger partial charge in [-0.3, -0.25) is 0 Å². The fraction of sp³-hybridized carbons (Fsp3) is 0.400. The zero-order valence-corrected chi connectivity index (χ0v) is 15.2. The Hall–Kier alpha value is -2.56. The highest BCUT2D eigenvalue weighted by atomic mass is 16.5. The molecule has 0 fully saturated rings. The standard InChI is InChI=1S/C20H26O5/c1-5-11-9-15(21)19(17(23)13(11)7-3)25-20-16(22)10-12(6-2)14(8-4)18(20)24/h9-10,21-24H,5-8H2,1-4H3. The third kappa shape index (κ3) is 3.31. The summed E-state index contributed by atoms with van der Waals surface area (Å²) in [5.41, 5.74) is 3.01. The fourth-order valence-corrected chi connectivity index (χ4v) is 3.18. The lowest BCUT2D eigenvalue weighted by molar-refractivity contribution is 0.339. The van der Waals surface area contributed by atoms with E-state index in [9.17, 15) is 20.4 Å². The molecule has 2 aromatic carbocycles. The van der Waals surface area contributed by atoms with Crippen molar-refractivity contribution >= 4 is 0 Å². The lowest BCUT2D eigenvalue weighted by Gasteiger charge is -2.18. The summed E-state index contributed by atoms with van der Waals surface area (Å²) < 4.78 is 5.59. The van der Waals surface area contributed by atoms with Crippen LogP contribution < -0.4 is 4.74 Å². The highest BCUT2D eigenvalue weighted by Gasteiger charge is 2.23. The van der Waals surface area contributed by atoms with Crippen LogP contribution >= 0.6 is 0 Å². The second kappa shape index (κ2) is 7.55. The minimum absolute atomic E-state index is 0.161. The molecule has 0 saturated heterocycles. The van der Waals surface area contributed by atoms with Gasteiger partial charge in [0.2, 0.25) is 11.5 Å². The molecule has 0 unspecified atom stereocenters. The third-order valence-corrected chi connectivity index (χ3v) is 4.54. The van der Waals surface area contributed by atoms with Crippen molar-refractivity contribution in [1.29, 1.82) is 0 Å². The van der Waals surface area contributed by atoms with Gasteiger partial charge in [-0.15, -0.1) is 0 Å². The van der Waals surface area contributed by atoms with E-state index in [1.54, 1.807) is 12.1 Å². The molecule has 0 radical (unpaired) electrons. The summed E-state index contributed by atoms with van der Waals surface area (Å²) in [7, 11) is 0. The predicted molar refractivity (Wildman–Crippen MR) is 97.1 cm³/mol. The molecule has 0 atom stereocenters. The van der Waals surface area contributed by atoms with E-state index in [4.69, 9.17) is 4.74 Å². The molecule has 2 aromatic rings. The topological polar surface area (TPSA) is 90.2 Å². The number of benzene rings is 2. The first-order valence-corrected chi connectivity index (χ1v) is 8.70. The zero-order chi connectivity index (χ0) is 18.7. The molecule has 5 heteroatoms. The molecule has 0 spiro atoms. The van der Waals surface area contributed by atoms with Gasteiger partial charge in [0.05, 0.1) is 0 Å². The lowest BCUT2D eigenvalue weighted by atomic mass is 9.99. The van der Waals surface area contributed by atoms with Crippen LogP contribution in [-0.4, -0.2) is 20.4 Å². The molecule has 0 bridgehead atoms. The van der Waals surface area contributed by atoms with Crippen molar-refractivity contribution in [2.24, 2.45) is 0 Å². The Bertz CT molecular complexity index is 715. The van der Waals surface area contributed by atoms with Crippen molar-refractivity contribution < 1.29 is 25.2 Å². The summed E-state index contributed by atoms with van der Waals surface area (Å²) in [4.78, 5) is 0. The molecule has 0 aliphatic rings. The lowest BCUT2D eigenvalue weighted by Crippen LogP contribution is -1.98. The normalized spacial score (nSPS) is 10.9. The van der Waals surface area contributed by atoms with Crippen LogP contribution in [0.25, 0.3) is 0 Å². The Kier molecular flexibility index (Phi) is 5.67. The van der Waals surface area contributed by atoms with Crippen LogP contribution in [0.2, 0.25) is 0 Å². The van der Waals surface area contributed by atoms with Crippen LogP contribution in [0.5, 0.6) is 34.5 Å². The second-order valence-electron chi connectivity index (χ2n) is 5.94. The molecule has 5 nitrogen and oxygen atoms in total. The van der Waals surface area contributed by atoms with E-state index in [0.717, 1.165) is 11.1 Å². The number of ether oxygens (including phenoxy) is 1. The summed E-state index contributed by atoms with van der Waals surface area (Å²) in [6.45, 7) is 7.66. The predicted octanol–water partition coefficient (Wildman–Crippen LogP) is 4.55. The van der Waals surface area contributed by atoms with Gasteiger partial charge < -0.3 is 25.2 Å². The highest BCUT2D eigenvalue weighted by Crippen LogP contribution is 2.49. The van der Waals surface area contributed by atoms with E-state index in [2.05, 4.69) is 0 Å². The summed E-state index contributed by atoms with van der Waals surface area (Å²) in [5.74, 6) is -1.13. The number of aromatic hydroxyl groups is 4. The Labute approximate surface area is 148 Å². The van der Waals surface area contributed by atoms with Crippen molar-refractivity contribution in [3.8, 4) is 34.5 Å². The van der Waals surface area contributed by atoms with Crippen LogP contribution in [0.1, 0.15) is 49.9 Å².